The summed E-state index contributed by atoms with van der Waals surface area (Å²) in [6.07, 6.45) is 0.889. The number of aromatic hydroxyl groups is 2. The number of benzene rings is 2. The first-order valence-corrected chi connectivity index (χ1v) is 9.59. The number of phenols is 2. The van der Waals surface area contributed by atoms with Gasteiger partial charge in [-0.05, 0) is 42.7 Å². The van der Waals surface area contributed by atoms with Crippen LogP contribution in [0.25, 0.3) is 0 Å². The molecule has 146 valence electrons. The first kappa shape index (κ1) is 17.6. The second-order valence-corrected chi connectivity index (χ2v) is 7.64. The Morgan fingerprint density at radius 3 is 2.72 bits per heavy atom. The van der Waals surface area contributed by atoms with Crippen LogP contribution in [0.2, 0.25) is 0 Å². The predicted octanol–water partition coefficient (Wildman–Crippen LogP) is 4.35. The van der Waals surface area contributed by atoms with Crippen molar-refractivity contribution < 1.29 is 19.5 Å². The maximum absolute atomic E-state index is 13.3. The van der Waals surface area contributed by atoms with Crippen molar-refractivity contribution in [2.45, 2.75) is 31.6 Å². The summed E-state index contributed by atoms with van der Waals surface area (Å²) in [6.45, 7) is 1.85. The van der Waals surface area contributed by atoms with Gasteiger partial charge >= 0.3 is 0 Å². The fourth-order valence-electron chi connectivity index (χ4n) is 4.56. The summed E-state index contributed by atoms with van der Waals surface area (Å²) >= 11 is 0. The molecule has 0 fully saturated rings. The number of hydrogen-bond donors (Lipinski definition) is 3. The lowest BCUT2D eigenvalue weighted by molar-refractivity contribution is -0.116. The second-order valence-electron chi connectivity index (χ2n) is 7.64. The molecule has 2 aliphatic rings. The molecule has 2 atom stereocenters. The summed E-state index contributed by atoms with van der Waals surface area (Å²) in [5, 5.41) is 27.6. The number of anilines is 1. The average Bonchev–Trinajstić information content (AvgIpc) is 3.07. The number of ketones is 1. The first-order valence-electron chi connectivity index (χ1n) is 9.59. The van der Waals surface area contributed by atoms with Crippen molar-refractivity contribution >= 4 is 11.7 Å². The van der Waals surface area contributed by atoms with Crippen molar-refractivity contribution in [3.05, 3.63) is 82.2 Å². The minimum atomic E-state index is -0.350. The van der Waals surface area contributed by atoms with E-state index in [4.69, 9.17) is 4.52 Å². The Labute approximate surface area is 167 Å². The number of allylic oxidation sites excluding steroid dienone is 2. The van der Waals surface area contributed by atoms with Crippen molar-refractivity contribution in [2.75, 3.05) is 5.32 Å². The molecular formula is C23H20N2O4. The molecule has 3 N–H and O–H groups in total. The van der Waals surface area contributed by atoms with E-state index in [0.29, 0.717) is 30.0 Å². The number of Topliss-reactive ketones (excluding diaryl/α,β-unsaturated/α-hetero) is 1. The molecule has 1 aliphatic heterocycles. The minimum Gasteiger partial charge on any atom is -0.508 e. The van der Waals surface area contributed by atoms with E-state index < -0.39 is 0 Å². The van der Waals surface area contributed by atoms with Gasteiger partial charge in [-0.1, -0.05) is 35.5 Å². The minimum absolute atomic E-state index is 0.0200. The van der Waals surface area contributed by atoms with Crippen LogP contribution < -0.4 is 5.32 Å². The van der Waals surface area contributed by atoms with Gasteiger partial charge in [-0.3, -0.25) is 4.79 Å². The van der Waals surface area contributed by atoms with E-state index in [1.807, 2.05) is 25.1 Å². The third-order valence-corrected chi connectivity index (χ3v) is 5.84. The molecule has 2 heterocycles. The lowest BCUT2D eigenvalue weighted by Crippen LogP contribution is -2.29. The Morgan fingerprint density at radius 2 is 1.93 bits per heavy atom. The SMILES string of the molecule is Cc1noc2c1[C@@H](c1cccc(O)c1)C1=C(C[C@H](c3ccccc3O)CC1=O)N2. The van der Waals surface area contributed by atoms with Crippen LogP contribution in [0.15, 0.2) is 64.3 Å². The van der Waals surface area contributed by atoms with E-state index in [1.54, 1.807) is 30.3 Å². The van der Waals surface area contributed by atoms with Gasteiger partial charge in [0.15, 0.2) is 5.78 Å². The summed E-state index contributed by atoms with van der Waals surface area (Å²) in [5.74, 6) is 0.426. The number of phenolic OH excluding ortho intramolecular Hbond substituents is 2. The Hall–Kier alpha value is -3.54. The Kier molecular flexibility index (Phi) is 3.94. The summed E-state index contributed by atoms with van der Waals surface area (Å²) < 4.78 is 5.50. The summed E-state index contributed by atoms with van der Waals surface area (Å²) in [6, 6.07) is 14.1. The molecule has 6 nitrogen and oxygen atoms in total. The van der Waals surface area contributed by atoms with Crippen molar-refractivity contribution in [3.63, 3.8) is 0 Å². The van der Waals surface area contributed by atoms with E-state index in [2.05, 4.69) is 10.5 Å². The first-order chi connectivity index (χ1) is 14.0. The molecule has 0 saturated heterocycles. The fraction of sp³-hybridized carbons (Fsp3) is 0.217. The zero-order valence-corrected chi connectivity index (χ0v) is 15.8. The van der Waals surface area contributed by atoms with Crippen LogP contribution in [0.3, 0.4) is 0 Å². The normalized spacial score (nSPS) is 20.8. The van der Waals surface area contributed by atoms with Crippen molar-refractivity contribution in [1.29, 1.82) is 0 Å². The molecule has 5 rings (SSSR count). The van der Waals surface area contributed by atoms with Crippen LogP contribution in [0.4, 0.5) is 5.88 Å². The van der Waals surface area contributed by atoms with E-state index in [0.717, 1.165) is 22.4 Å². The molecule has 29 heavy (non-hydrogen) atoms. The van der Waals surface area contributed by atoms with Gasteiger partial charge in [0.1, 0.15) is 11.5 Å². The van der Waals surface area contributed by atoms with Gasteiger partial charge in [0, 0.05) is 29.5 Å². The molecule has 0 saturated carbocycles. The number of fused-ring (bicyclic) bond motifs is 1. The van der Waals surface area contributed by atoms with E-state index in [1.165, 1.54) is 0 Å². The van der Waals surface area contributed by atoms with Gasteiger partial charge < -0.3 is 20.1 Å². The van der Waals surface area contributed by atoms with Gasteiger partial charge in [-0.25, -0.2) is 0 Å². The van der Waals surface area contributed by atoms with Gasteiger partial charge in [0.25, 0.3) is 0 Å². The van der Waals surface area contributed by atoms with Gasteiger partial charge in [0.2, 0.25) is 5.88 Å². The topological polar surface area (TPSA) is 95.6 Å². The number of carbonyl (C=O) groups is 1. The molecule has 2 aromatic carbocycles. The van der Waals surface area contributed by atoms with Gasteiger partial charge in [0.05, 0.1) is 11.3 Å². The van der Waals surface area contributed by atoms with Crippen LogP contribution in [0, 0.1) is 6.92 Å². The maximum atomic E-state index is 13.3. The highest BCUT2D eigenvalue weighted by Gasteiger charge is 2.41. The Balaban J connectivity index is 1.64. The van der Waals surface area contributed by atoms with Crippen LogP contribution in [0.1, 0.15) is 47.1 Å². The van der Waals surface area contributed by atoms with E-state index in [-0.39, 0.29) is 29.1 Å². The monoisotopic (exact) mass is 388 g/mol. The molecule has 0 bridgehead atoms. The number of para-hydroxylation sites is 1. The molecule has 3 aromatic rings. The fourth-order valence-corrected chi connectivity index (χ4v) is 4.56. The number of carbonyl (C=O) groups excluding carboxylic acids is 1. The van der Waals surface area contributed by atoms with E-state index in [9.17, 15) is 15.0 Å². The Morgan fingerprint density at radius 1 is 1.10 bits per heavy atom. The zero-order valence-electron chi connectivity index (χ0n) is 15.8. The number of nitrogens with zero attached hydrogens (tertiary/aromatic N) is 1. The summed E-state index contributed by atoms with van der Waals surface area (Å²) in [7, 11) is 0. The van der Waals surface area contributed by atoms with Crippen LogP contribution in [0.5, 0.6) is 11.5 Å². The van der Waals surface area contributed by atoms with E-state index >= 15 is 0 Å². The number of aryl methyl sites for hydroxylation is 1. The third kappa shape index (κ3) is 2.79. The van der Waals surface area contributed by atoms with Gasteiger partial charge in [-0.15, -0.1) is 0 Å². The highest BCUT2D eigenvalue weighted by molar-refractivity contribution is 6.01. The Bertz CT molecular complexity index is 1160. The van der Waals surface area contributed by atoms with Crippen LogP contribution >= 0.6 is 0 Å². The smallest absolute Gasteiger partial charge is 0.233 e. The molecule has 6 heteroatoms. The highest BCUT2D eigenvalue weighted by Crippen LogP contribution is 2.49. The maximum Gasteiger partial charge on any atom is 0.233 e. The quantitative estimate of drug-likeness (QED) is 0.604. The molecular weight excluding hydrogens is 368 g/mol. The molecule has 0 unspecified atom stereocenters. The molecule has 0 radical (unpaired) electrons. The molecule has 0 amide bonds. The number of hydrogen-bond acceptors (Lipinski definition) is 6. The van der Waals surface area contributed by atoms with Crippen LogP contribution in [-0.2, 0) is 4.79 Å². The lowest BCUT2D eigenvalue weighted by atomic mass is 9.72. The number of rotatable bonds is 2. The zero-order chi connectivity index (χ0) is 20.1. The average molecular weight is 388 g/mol. The summed E-state index contributed by atoms with van der Waals surface area (Å²) in [4.78, 5) is 13.3. The highest BCUT2D eigenvalue weighted by atomic mass is 16.5. The lowest BCUT2D eigenvalue weighted by Gasteiger charge is -2.34. The van der Waals surface area contributed by atoms with Crippen molar-refractivity contribution in [3.8, 4) is 11.5 Å². The largest absolute Gasteiger partial charge is 0.508 e. The summed E-state index contributed by atoms with van der Waals surface area (Å²) in [5.41, 5.74) is 4.59. The molecule has 1 aliphatic carbocycles. The van der Waals surface area contributed by atoms with Gasteiger partial charge in [-0.2, -0.15) is 0 Å². The van der Waals surface area contributed by atoms with Crippen LogP contribution in [-0.4, -0.2) is 21.2 Å². The number of aromatic nitrogens is 1. The second kappa shape index (κ2) is 6.51. The molecule has 0 spiro atoms. The molecule has 1 aromatic heterocycles. The standard InChI is InChI=1S/C23H20N2O4/c1-12-20-21(13-5-4-6-15(26)9-13)22-17(24-23(20)29-25-12)10-14(11-19(22)28)16-7-2-3-8-18(16)27/h2-9,14,21,24,26-27H,10-11H2,1H3/t14-,21+/m0/s1. The van der Waals surface area contributed by atoms with Crippen molar-refractivity contribution in [2.24, 2.45) is 0 Å². The number of nitrogens with one attached hydrogen (secondary N) is 1. The third-order valence-electron chi connectivity index (χ3n) is 5.84. The predicted molar refractivity (Wildman–Crippen MR) is 107 cm³/mol. The van der Waals surface area contributed by atoms with Crippen molar-refractivity contribution in [1.82, 2.24) is 5.16 Å².